The zero-order valence-electron chi connectivity index (χ0n) is 32.4. The van der Waals surface area contributed by atoms with Crippen LogP contribution in [0.4, 0.5) is 5.69 Å². The van der Waals surface area contributed by atoms with Crippen LogP contribution in [0.3, 0.4) is 0 Å². The van der Waals surface area contributed by atoms with E-state index in [1.54, 1.807) is 6.07 Å². The summed E-state index contributed by atoms with van der Waals surface area (Å²) in [4.78, 5) is 11.9. The summed E-state index contributed by atoms with van der Waals surface area (Å²) in [7, 11) is 1.52. The first kappa shape index (κ1) is 45.1. The second kappa shape index (κ2) is 24.9. The van der Waals surface area contributed by atoms with Crippen molar-refractivity contribution < 1.29 is 28.6 Å². The van der Waals surface area contributed by atoms with E-state index in [-0.39, 0.29) is 37.3 Å². The second-order valence-electron chi connectivity index (χ2n) is 13.6. The molecule has 0 saturated heterocycles. The number of nitro benzene ring substituents is 1. The van der Waals surface area contributed by atoms with Gasteiger partial charge in [0, 0.05) is 28.5 Å². The molecular weight excluding hydrogens is 796 g/mol. The lowest BCUT2D eigenvalue weighted by Gasteiger charge is -2.17. The number of ether oxygens (including phenoxy) is 5. The Kier molecular flexibility index (Phi) is 20.1. The van der Waals surface area contributed by atoms with Crippen LogP contribution < -0.4 is 23.7 Å². The standard InChI is InChI=1S/C44H53Cl4NO7/c1-3-4-5-6-7-8-9-10-11-12-19-53-44-24-39(49(50)51)37(23-43(44)52-2)30-55-42-18-15-34(29-54-40-16-13-32(25-45)20-35(40)27-47)22-38(42)31-56-41-17-14-33(26-46)21-36(41)28-48/h13-18,20-24H,3-12,19,25-31H2,1-2H3. The molecule has 0 bridgehead atoms. The molecule has 0 aromatic heterocycles. The fraction of sp³-hybridized carbons (Fsp3) is 0.455. The molecule has 0 fully saturated rings. The summed E-state index contributed by atoms with van der Waals surface area (Å²) >= 11 is 24.5. The van der Waals surface area contributed by atoms with Crippen LogP contribution in [0, 0.1) is 10.1 Å². The molecule has 0 radical (unpaired) electrons. The van der Waals surface area contributed by atoms with Crippen molar-refractivity contribution in [3.8, 4) is 28.7 Å². The largest absolute Gasteiger partial charge is 0.493 e. The normalized spacial score (nSPS) is 11.0. The summed E-state index contributed by atoms with van der Waals surface area (Å²) in [5.74, 6) is 3.76. The molecule has 0 aliphatic carbocycles. The maximum absolute atomic E-state index is 12.3. The topological polar surface area (TPSA) is 89.3 Å². The minimum absolute atomic E-state index is 0.0996. The van der Waals surface area contributed by atoms with E-state index in [0.717, 1.165) is 47.1 Å². The molecule has 0 heterocycles. The van der Waals surface area contributed by atoms with Crippen LogP contribution in [0.1, 0.15) is 110 Å². The quantitative estimate of drug-likeness (QED) is 0.0255. The fourth-order valence-electron chi connectivity index (χ4n) is 6.29. The summed E-state index contributed by atoms with van der Waals surface area (Å²) in [6.45, 7) is 2.96. The van der Waals surface area contributed by atoms with Gasteiger partial charge >= 0.3 is 0 Å². The molecule has 0 aliphatic heterocycles. The van der Waals surface area contributed by atoms with Gasteiger partial charge in [-0.1, -0.05) is 82.9 Å². The van der Waals surface area contributed by atoms with Gasteiger partial charge in [-0.15, -0.1) is 46.4 Å². The van der Waals surface area contributed by atoms with Gasteiger partial charge in [0.15, 0.2) is 11.5 Å². The Morgan fingerprint density at radius 1 is 0.500 bits per heavy atom. The average molecular weight is 850 g/mol. The third-order valence-corrected chi connectivity index (χ3v) is 10.6. The highest BCUT2D eigenvalue weighted by atomic mass is 35.5. The molecule has 4 rings (SSSR count). The predicted octanol–water partition coefficient (Wildman–Crippen LogP) is 13.6. The van der Waals surface area contributed by atoms with E-state index in [0.29, 0.717) is 58.2 Å². The maximum atomic E-state index is 12.3. The SMILES string of the molecule is CCCCCCCCCCCCOc1cc([N+](=O)[O-])c(COc2ccc(COc3ccc(CCl)cc3CCl)cc2COc2ccc(CCl)cc2CCl)cc1OC. The van der Waals surface area contributed by atoms with Crippen molar-refractivity contribution in [3.63, 3.8) is 0 Å². The van der Waals surface area contributed by atoms with E-state index in [9.17, 15) is 10.1 Å². The van der Waals surface area contributed by atoms with Crippen LogP contribution >= 0.6 is 46.4 Å². The van der Waals surface area contributed by atoms with Crippen LogP contribution in [-0.4, -0.2) is 18.6 Å². The molecule has 304 valence electrons. The lowest BCUT2D eigenvalue weighted by molar-refractivity contribution is -0.385. The summed E-state index contributed by atoms with van der Waals surface area (Å²) < 4.78 is 30.3. The van der Waals surface area contributed by atoms with Crippen molar-refractivity contribution in [1.29, 1.82) is 0 Å². The fourth-order valence-corrected chi connectivity index (χ4v) is 7.04. The van der Waals surface area contributed by atoms with Gasteiger partial charge in [-0.3, -0.25) is 10.1 Å². The van der Waals surface area contributed by atoms with Gasteiger partial charge in [0.2, 0.25) is 0 Å². The van der Waals surface area contributed by atoms with E-state index in [2.05, 4.69) is 6.92 Å². The highest BCUT2D eigenvalue weighted by Crippen LogP contribution is 2.36. The number of nitrogens with zero attached hydrogens (tertiary/aromatic N) is 1. The molecule has 0 amide bonds. The molecule has 0 unspecified atom stereocenters. The Morgan fingerprint density at radius 2 is 0.982 bits per heavy atom. The summed E-state index contributed by atoms with van der Waals surface area (Å²) in [5, 5.41) is 12.3. The molecule has 56 heavy (non-hydrogen) atoms. The van der Waals surface area contributed by atoms with Gasteiger partial charge < -0.3 is 23.7 Å². The first-order valence-corrected chi connectivity index (χ1v) is 21.4. The Hall–Kier alpha value is -3.56. The third-order valence-electron chi connectivity index (χ3n) is 9.45. The minimum atomic E-state index is -0.428. The van der Waals surface area contributed by atoms with Gasteiger partial charge in [-0.2, -0.15) is 0 Å². The van der Waals surface area contributed by atoms with Gasteiger partial charge in [0.1, 0.15) is 37.1 Å². The number of hydrogen-bond donors (Lipinski definition) is 0. The highest BCUT2D eigenvalue weighted by Gasteiger charge is 2.21. The van der Waals surface area contributed by atoms with Crippen LogP contribution in [0.15, 0.2) is 66.7 Å². The Balaban J connectivity index is 1.47. The second-order valence-corrected chi connectivity index (χ2v) is 14.7. The lowest BCUT2D eigenvalue weighted by Crippen LogP contribution is -2.07. The van der Waals surface area contributed by atoms with Crippen LogP contribution in [0.2, 0.25) is 0 Å². The van der Waals surface area contributed by atoms with Crippen molar-refractivity contribution in [1.82, 2.24) is 0 Å². The van der Waals surface area contributed by atoms with E-state index in [1.807, 2.05) is 54.6 Å². The van der Waals surface area contributed by atoms with E-state index in [1.165, 1.54) is 58.1 Å². The molecule has 4 aromatic carbocycles. The first-order valence-electron chi connectivity index (χ1n) is 19.3. The van der Waals surface area contributed by atoms with E-state index < -0.39 is 4.92 Å². The summed E-state index contributed by atoms with van der Waals surface area (Å²) in [6, 6.07) is 20.0. The number of rotatable bonds is 27. The van der Waals surface area contributed by atoms with Crippen LogP contribution in [0.5, 0.6) is 28.7 Å². The lowest BCUT2D eigenvalue weighted by atomic mass is 10.1. The number of benzene rings is 4. The average Bonchev–Trinajstić information content (AvgIpc) is 3.23. The summed E-state index contributed by atoms with van der Waals surface area (Å²) in [5.41, 5.74) is 5.31. The Labute approximate surface area is 351 Å². The van der Waals surface area contributed by atoms with Crippen molar-refractivity contribution in [3.05, 3.63) is 116 Å². The number of nitro groups is 1. The third kappa shape index (κ3) is 14.1. The van der Waals surface area contributed by atoms with Crippen LogP contribution in [-0.2, 0) is 43.3 Å². The number of hydrogen-bond acceptors (Lipinski definition) is 7. The van der Waals surface area contributed by atoms with Crippen LogP contribution in [0.25, 0.3) is 0 Å². The highest BCUT2D eigenvalue weighted by molar-refractivity contribution is 6.18. The maximum Gasteiger partial charge on any atom is 0.280 e. The van der Waals surface area contributed by atoms with Gasteiger partial charge in [-0.05, 0) is 65.6 Å². The minimum Gasteiger partial charge on any atom is -0.493 e. The molecule has 0 N–H and O–H groups in total. The monoisotopic (exact) mass is 847 g/mol. The summed E-state index contributed by atoms with van der Waals surface area (Å²) in [6.07, 6.45) is 12.1. The van der Waals surface area contributed by atoms with Gasteiger partial charge in [-0.25, -0.2) is 0 Å². The van der Waals surface area contributed by atoms with Crippen molar-refractivity contribution in [2.45, 2.75) is 114 Å². The first-order chi connectivity index (χ1) is 27.3. The zero-order valence-corrected chi connectivity index (χ0v) is 35.4. The van der Waals surface area contributed by atoms with Crippen molar-refractivity contribution in [2.75, 3.05) is 13.7 Å². The molecule has 8 nitrogen and oxygen atoms in total. The number of halogens is 4. The molecule has 0 spiro atoms. The number of methoxy groups -OCH3 is 1. The predicted molar refractivity (Wildman–Crippen MR) is 228 cm³/mol. The molecule has 0 saturated carbocycles. The van der Waals surface area contributed by atoms with E-state index >= 15 is 0 Å². The smallest absolute Gasteiger partial charge is 0.280 e. The molecule has 0 atom stereocenters. The van der Waals surface area contributed by atoms with Gasteiger partial charge in [0.05, 0.1) is 42.0 Å². The zero-order chi connectivity index (χ0) is 40.1. The van der Waals surface area contributed by atoms with Crippen molar-refractivity contribution in [2.24, 2.45) is 0 Å². The van der Waals surface area contributed by atoms with Gasteiger partial charge in [0.25, 0.3) is 5.69 Å². The Bertz CT molecular complexity index is 1820. The molecule has 4 aromatic rings. The number of unbranched alkanes of at least 4 members (excludes halogenated alkanes) is 9. The molecule has 12 heteroatoms. The van der Waals surface area contributed by atoms with E-state index in [4.69, 9.17) is 70.1 Å². The Morgan fingerprint density at radius 3 is 1.50 bits per heavy atom. The number of alkyl halides is 4. The molecule has 0 aliphatic rings. The van der Waals surface area contributed by atoms with Crippen molar-refractivity contribution >= 4 is 52.1 Å². The molecular formula is C44H53Cl4NO7.